The molecule has 2 N–H and O–H groups in total. The van der Waals surface area contributed by atoms with Gasteiger partial charge in [-0.1, -0.05) is 33.6 Å². The molecule has 0 atom stereocenters. The summed E-state index contributed by atoms with van der Waals surface area (Å²) in [5.74, 6) is 0.251. The maximum absolute atomic E-state index is 13.6. The van der Waals surface area contributed by atoms with Gasteiger partial charge in [-0.15, -0.1) is 0 Å². The Morgan fingerprint density at radius 2 is 2.15 bits per heavy atom. The number of rotatable bonds is 3. The fraction of sp³-hybridized carbons (Fsp3) is 0.0714. The molecule has 0 saturated heterocycles. The Bertz CT molecular complexity index is 752. The van der Waals surface area contributed by atoms with E-state index in [9.17, 15) is 4.39 Å². The summed E-state index contributed by atoms with van der Waals surface area (Å²) in [5, 5.41) is 3.44. The minimum atomic E-state index is -0.330. The van der Waals surface area contributed by atoms with Crippen molar-refractivity contribution in [3.05, 3.63) is 57.3 Å². The monoisotopic (exact) mass is 353 g/mol. The zero-order valence-electron chi connectivity index (χ0n) is 10.3. The summed E-state index contributed by atoms with van der Waals surface area (Å²) in [7, 11) is 0. The second kappa shape index (κ2) is 5.42. The highest BCUT2D eigenvalue weighted by molar-refractivity contribution is 9.10. The van der Waals surface area contributed by atoms with E-state index in [1.165, 1.54) is 6.07 Å². The van der Waals surface area contributed by atoms with Gasteiger partial charge in [0.1, 0.15) is 5.82 Å². The van der Waals surface area contributed by atoms with Crippen LogP contribution in [0.1, 0.15) is 5.56 Å². The number of hydrogen-bond donors (Lipinski definition) is 2. The summed E-state index contributed by atoms with van der Waals surface area (Å²) >= 11 is 9.38. The predicted molar refractivity (Wildman–Crippen MR) is 82.5 cm³/mol. The number of hydrogen-bond acceptors (Lipinski definition) is 2. The van der Waals surface area contributed by atoms with Crippen molar-refractivity contribution in [3.63, 3.8) is 0 Å². The minimum Gasteiger partial charge on any atom is -0.352 e. The standard InChI is InChI=1S/C14H10BrClFN3/c15-8-4-5-12-13(6-8)20-14(19-12)18-7-9-10(16)2-1-3-11(9)17/h1-6H,7H2,(H2,18,19,20). The van der Waals surface area contributed by atoms with Crippen molar-refractivity contribution < 1.29 is 4.39 Å². The molecule has 6 heteroatoms. The third kappa shape index (κ3) is 2.64. The molecule has 0 bridgehead atoms. The summed E-state index contributed by atoms with van der Waals surface area (Å²) in [4.78, 5) is 7.50. The van der Waals surface area contributed by atoms with E-state index in [2.05, 4.69) is 31.2 Å². The van der Waals surface area contributed by atoms with E-state index in [1.54, 1.807) is 12.1 Å². The highest BCUT2D eigenvalue weighted by Gasteiger charge is 2.08. The molecule has 102 valence electrons. The summed E-state index contributed by atoms with van der Waals surface area (Å²) in [5.41, 5.74) is 2.17. The Labute approximate surface area is 128 Å². The maximum Gasteiger partial charge on any atom is 0.201 e. The molecule has 0 saturated carbocycles. The average molecular weight is 355 g/mol. The fourth-order valence-electron chi connectivity index (χ4n) is 1.94. The molecule has 0 aliphatic carbocycles. The molecule has 1 heterocycles. The van der Waals surface area contributed by atoms with Crippen LogP contribution in [0.4, 0.5) is 10.3 Å². The second-order valence-electron chi connectivity index (χ2n) is 4.30. The minimum absolute atomic E-state index is 0.270. The van der Waals surface area contributed by atoms with E-state index in [0.717, 1.165) is 15.5 Å². The third-order valence-electron chi connectivity index (χ3n) is 2.94. The van der Waals surface area contributed by atoms with Crippen LogP contribution in [0.3, 0.4) is 0 Å². The Morgan fingerprint density at radius 3 is 2.95 bits per heavy atom. The molecule has 2 aromatic carbocycles. The summed E-state index contributed by atoms with van der Waals surface area (Å²) in [6.45, 7) is 0.270. The lowest BCUT2D eigenvalue weighted by Crippen LogP contribution is -2.03. The van der Waals surface area contributed by atoms with E-state index >= 15 is 0 Å². The van der Waals surface area contributed by atoms with Crippen LogP contribution in [-0.2, 0) is 6.54 Å². The molecule has 20 heavy (non-hydrogen) atoms. The van der Waals surface area contributed by atoms with Gasteiger partial charge in [0.15, 0.2) is 0 Å². The average Bonchev–Trinajstić information content (AvgIpc) is 2.80. The lowest BCUT2D eigenvalue weighted by molar-refractivity contribution is 0.613. The van der Waals surface area contributed by atoms with Crippen LogP contribution in [0.2, 0.25) is 5.02 Å². The van der Waals surface area contributed by atoms with Gasteiger partial charge in [0, 0.05) is 21.6 Å². The van der Waals surface area contributed by atoms with E-state index in [0.29, 0.717) is 16.5 Å². The second-order valence-corrected chi connectivity index (χ2v) is 5.62. The first-order valence-corrected chi connectivity index (χ1v) is 7.12. The number of imidazole rings is 1. The molecule has 0 unspecified atom stereocenters. The molecule has 0 spiro atoms. The molecule has 0 amide bonds. The number of aromatic nitrogens is 2. The van der Waals surface area contributed by atoms with Crippen LogP contribution in [-0.4, -0.2) is 9.97 Å². The summed E-state index contributed by atoms with van der Waals surface area (Å²) < 4.78 is 14.6. The molecule has 3 rings (SSSR count). The molecule has 3 nitrogen and oxygen atoms in total. The molecular weight excluding hydrogens is 345 g/mol. The van der Waals surface area contributed by atoms with Gasteiger partial charge in [-0.25, -0.2) is 9.37 Å². The van der Waals surface area contributed by atoms with Crippen LogP contribution in [0.25, 0.3) is 11.0 Å². The maximum atomic E-state index is 13.6. The highest BCUT2D eigenvalue weighted by Crippen LogP contribution is 2.22. The van der Waals surface area contributed by atoms with Crippen molar-refractivity contribution in [2.75, 3.05) is 5.32 Å². The molecule has 0 radical (unpaired) electrons. The summed E-state index contributed by atoms with van der Waals surface area (Å²) in [6.07, 6.45) is 0. The zero-order chi connectivity index (χ0) is 14.1. The quantitative estimate of drug-likeness (QED) is 0.714. The van der Waals surface area contributed by atoms with Gasteiger partial charge in [0.2, 0.25) is 5.95 Å². The number of nitrogens with zero attached hydrogens (tertiary/aromatic N) is 1. The molecule has 3 aromatic rings. The Hall–Kier alpha value is -1.59. The molecule has 0 aliphatic rings. The Balaban J connectivity index is 1.83. The topological polar surface area (TPSA) is 40.7 Å². The van der Waals surface area contributed by atoms with Gasteiger partial charge in [-0.2, -0.15) is 0 Å². The van der Waals surface area contributed by atoms with Gasteiger partial charge in [0.25, 0.3) is 0 Å². The van der Waals surface area contributed by atoms with Crippen molar-refractivity contribution in [2.24, 2.45) is 0 Å². The largest absolute Gasteiger partial charge is 0.352 e. The van der Waals surface area contributed by atoms with Crippen molar-refractivity contribution in [1.82, 2.24) is 9.97 Å². The van der Waals surface area contributed by atoms with Gasteiger partial charge < -0.3 is 10.3 Å². The highest BCUT2D eigenvalue weighted by atomic mass is 79.9. The van der Waals surface area contributed by atoms with Crippen LogP contribution < -0.4 is 5.32 Å². The first kappa shape index (κ1) is 13.4. The van der Waals surface area contributed by atoms with E-state index in [-0.39, 0.29) is 12.4 Å². The van der Waals surface area contributed by atoms with E-state index < -0.39 is 0 Å². The third-order valence-corrected chi connectivity index (χ3v) is 3.79. The molecule has 0 aliphatic heterocycles. The normalized spacial score (nSPS) is 10.9. The van der Waals surface area contributed by atoms with Crippen molar-refractivity contribution in [1.29, 1.82) is 0 Å². The first-order valence-electron chi connectivity index (χ1n) is 5.95. The van der Waals surface area contributed by atoms with Crippen molar-refractivity contribution in [2.45, 2.75) is 6.54 Å². The van der Waals surface area contributed by atoms with Gasteiger partial charge in [-0.05, 0) is 30.3 Å². The van der Waals surface area contributed by atoms with Gasteiger partial charge in [-0.3, -0.25) is 0 Å². The zero-order valence-corrected chi connectivity index (χ0v) is 12.6. The fourth-order valence-corrected chi connectivity index (χ4v) is 2.53. The lowest BCUT2D eigenvalue weighted by Gasteiger charge is -2.06. The molecule has 0 fully saturated rings. The number of anilines is 1. The SMILES string of the molecule is Fc1cccc(Cl)c1CNc1nc2ccc(Br)cc2[nH]1. The lowest BCUT2D eigenvalue weighted by atomic mass is 10.2. The molecular formula is C14H10BrClFN3. The number of fused-ring (bicyclic) bond motifs is 1. The number of halogens is 3. The van der Waals surface area contributed by atoms with Gasteiger partial charge in [0.05, 0.1) is 11.0 Å². The van der Waals surface area contributed by atoms with Crippen molar-refractivity contribution in [3.8, 4) is 0 Å². The summed E-state index contributed by atoms with van der Waals surface area (Å²) in [6, 6.07) is 10.4. The van der Waals surface area contributed by atoms with Crippen LogP contribution in [0.5, 0.6) is 0 Å². The Kier molecular flexibility index (Phi) is 3.63. The predicted octanol–water partition coefficient (Wildman–Crippen LogP) is 4.73. The van der Waals surface area contributed by atoms with Gasteiger partial charge >= 0.3 is 0 Å². The number of H-pyrrole nitrogens is 1. The van der Waals surface area contributed by atoms with E-state index in [1.807, 2.05) is 18.2 Å². The van der Waals surface area contributed by atoms with Crippen molar-refractivity contribution >= 4 is 44.5 Å². The number of benzene rings is 2. The van der Waals surface area contributed by atoms with Crippen LogP contribution in [0.15, 0.2) is 40.9 Å². The van der Waals surface area contributed by atoms with E-state index in [4.69, 9.17) is 11.6 Å². The Morgan fingerprint density at radius 1 is 1.30 bits per heavy atom. The smallest absolute Gasteiger partial charge is 0.201 e. The first-order chi connectivity index (χ1) is 9.63. The van der Waals surface area contributed by atoms with Crippen LogP contribution >= 0.6 is 27.5 Å². The number of nitrogens with one attached hydrogen (secondary N) is 2. The van der Waals surface area contributed by atoms with Crippen LogP contribution in [0, 0.1) is 5.82 Å². The number of aromatic amines is 1. The molecule has 1 aromatic heterocycles.